The van der Waals surface area contributed by atoms with Crippen LogP contribution < -0.4 is 0 Å². The van der Waals surface area contributed by atoms with Crippen molar-refractivity contribution < 1.29 is 60.7 Å². The number of carboxylic acids is 4. The van der Waals surface area contributed by atoms with Gasteiger partial charge in [0.25, 0.3) is 0 Å². The Kier molecular flexibility index (Phi) is 24.3. The predicted molar refractivity (Wildman–Crippen MR) is 78.0 cm³/mol. The molecule has 0 aliphatic heterocycles. The van der Waals surface area contributed by atoms with E-state index in [1.54, 1.807) is 13.8 Å². The van der Waals surface area contributed by atoms with Gasteiger partial charge in [-0.05, 0) is 19.3 Å². The Bertz CT molecular complexity index is 342. The molecule has 0 spiro atoms. The Morgan fingerprint density at radius 1 is 0.783 bits per heavy atom. The molecule has 0 bridgehead atoms. The summed E-state index contributed by atoms with van der Waals surface area (Å²) in [4.78, 5) is 39.5. The van der Waals surface area contributed by atoms with Gasteiger partial charge in [-0.25, -0.2) is 0 Å². The van der Waals surface area contributed by atoms with Gasteiger partial charge in [-0.2, -0.15) is 0 Å². The summed E-state index contributed by atoms with van der Waals surface area (Å²) in [7, 11) is 0. The molecule has 0 aromatic carbocycles. The fourth-order valence-electron chi connectivity index (χ4n) is 1.05. The van der Waals surface area contributed by atoms with Crippen molar-refractivity contribution in [3.63, 3.8) is 0 Å². The summed E-state index contributed by atoms with van der Waals surface area (Å²) < 4.78 is 0. The van der Waals surface area contributed by atoms with Crippen LogP contribution in [0, 0.1) is 5.41 Å². The topological polar surface area (TPSA) is 216 Å². The van der Waals surface area contributed by atoms with Crippen molar-refractivity contribution in [2.24, 2.45) is 5.41 Å². The van der Waals surface area contributed by atoms with E-state index in [0.29, 0.717) is 6.42 Å². The van der Waals surface area contributed by atoms with E-state index in [2.05, 4.69) is 0 Å². The molecule has 0 radical (unpaired) electrons. The Balaban J connectivity index is -0.0000000728. The van der Waals surface area contributed by atoms with E-state index in [4.69, 9.17) is 20.4 Å². The van der Waals surface area contributed by atoms with Gasteiger partial charge < -0.3 is 32.7 Å². The molecular formula is C12H24N2O8Pt. The molecule has 1 fully saturated rings. The molecule has 10 nitrogen and oxygen atoms in total. The molecule has 1 aliphatic rings. The summed E-state index contributed by atoms with van der Waals surface area (Å²) in [5, 5.41) is 32.4. The average molecular weight is 519 g/mol. The molecule has 1 aliphatic carbocycles. The molecule has 140 valence electrons. The van der Waals surface area contributed by atoms with Crippen LogP contribution in [0.3, 0.4) is 0 Å². The molecule has 0 unspecified atom stereocenters. The van der Waals surface area contributed by atoms with Crippen molar-refractivity contribution in [3.8, 4) is 0 Å². The first-order valence-corrected chi connectivity index (χ1v) is 6.04. The van der Waals surface area contributed by atoms with Crippen molar-refractivity contribution in [1.29, 1.82) is 0 Å². The number of hydrogen-bond acceptors (Lipinski definition) is 4. The number of aliphatic carboxylic acids is 4. The molecule has 11 heteroatoms. The van der Waals surface area contributed by atoms with Crippen LogP contribution in [0.1, 0.15) is 46.0 Å². The second-order valence-corrected chi connectivity index (χ2v) is 4.04. The van der Waals surface area contributed by atoms with Crippen molar-refractivity contribution in [3.05, 3.63) is 12.3 Å². The summed E-state index contributed by atoms with van der Waals surface area (Å²) >= 11 is 0. The Morgan fingerprint density at radius 2 is 1.00 bits per heavy atom. The van der Waals surface area contributed by atoms with E-state index in [1.807, 2.05) is 0 Å². The van der Waals surface area contributed by atoms with Crippen molar-refractivity contribution >= 4 is 23.9 Å². The van der Waals surface area contributed by atoms with Gasteiger partial charge in [0.1, 0.15) is 0 Å². The monoisotopic (exact) mass is 519 g/mol. The minimum absolute atomic E-state index is 0. The van der Waals surface area contributed by atoms with E-state index < -0.39 is 29.3 Å². The SMILES string of the molecule is CCC(=O)O.CCC(=O)O.O=C(O)C1(C(=O)O)CCC1.[NH2-].[NH2-].[Pt+2]. The van der Waals surface area contributed by atoms with Gasteiger partial charge in [-0.1, -0.05) is 13.8 Å². The standard InChI is InChI=1S/C6H8O4.2C3H6O2.2H2N.Pt/c7-4(8)6(5(9)10)2-1-3-6;2*1-2-3(4)5;;;/h1-3H2,(H,7,8)(H,9,10);2*2H2,1H3,(H,4,5);2*1H2;/q;;;2*-1;+2. The van der Waals surface area contributed by atoms with Crippen molar-refractivity contribution in [2.75, 3.05) is 0 Å². The van der Waals surface area contributed by atoms with Crippen LogP contribution in [-0.2, 0) is 40.2 Å². The molecule has 0 heterocycles. The fourth-order valence-corrected chi connectivity index (χ4v) is 1.05. The van der Waals surface area contributed by atoms with E-state index >= 15 is 0 Å². The van der Waals surface area contributed by atoms with Crippen LogP contribution in [0.5, 0.6) is 0 Å². The second kappa shape index (κ2) is 16.9. The Hall–Kier alpha value is -1.51. The maximum absolute atomic E-state index is 10.4. The number of hydrogen-bond donors (Lipinski definition) is 4. The molecule has 1 saturated carbocycles. The van der Waals surface area contributed by atoms with E-state index in [-0.39, 0.29) is 59.0 Å². The molecule has 0 aromatic rings. The largest absolute Gasteiger partial charge is 2.00 e. The van der Waals surface area contributed by atoms with Gasteiger partial charge in [-0.15, -0.1) is 0 Å². The number of carbonyl (C=O) groups is 4. The summed E-state index contributed by atoms with van der Waals surface area (Å²) in [6.45, 7) is 3.20. The molecule has 23 heavy (non-hydrogen) atoms. The van der Waals surface area contributed by atoms with Gasteiger partial charge in [-0.3, -0.25) is 19.2 Å². The Labute approximate surface area is 148 Å². The molecular weight excluding hydrogens is 495 g/mol. The van der Waals surface area contributed by atoms with Gasteiger partial charge in [0.05, 0.1) is 0 Å². The Morgan fingerprint density at radius 3 is 1.00 bits per heavy atom. The van der Waals surface area contributed by atoms with E-state index in [0.717, 1.165) is 0 Å². The van der Waals surface area contributed by atoms with Gasteiger partial charge in [0.15, 0.2) is 5.41 Å². The van der Waals surface area contributed by atoms with Gasteiger partial charge in [0.2, 0.25) is 0 Å². The normalized spacial score (nSPS) is 12.4. The smallest absolute Gasteiger partial charge is 0.693 e. The van der Waals surface area contributed by atoms with Crippen molar-refractivity contribution in [2.45, 2.75) is 46.0 Å². The van der Waals surface area contributed by atoms with Crippen LogP contribution in [0.15, 0.2) is 0 Å². The summed E-state index contributed by atoms with van der Waals surface area (Å²) in [6.07, 6.45) is 1.70. The van der Waals surface area contributed by atoms with Crippen molar-refractivity contribution in [1.82, 2.24) is 0 Å². The molecule has 8 N–H and O–H groups in total. The minimum atomic E-state index is -1.44. The quantitative estimate of drug-likeness (QED) is 0.404. The van der Waals surface area contributed by atoms with Crippen LogP contribution >= 0.6 is 0 Å². The number of carboxylic acid groups (broad SMARTS) is 4. The van der Waals surface area contributed by atoms with Crippen LogP contribution in [-0.4, -0.2) is 44.3 Å². The average Bonchev–Trinajstić information content (AvgIpc) is 2.27. The zero-order valence-corrected chi connectivity index (χ0v) is 15.2. The van der Waals surface area contributed by atoms with E-state index in [1.165, 1.54) is 0 Å². The maximum atomic E-state index is 10.4. The van der Waals surface area contributed by atoms with Crippen LogP contribution in [0.4, 0.5) is 0 Å². The minimum Gasteiger partial charge on any atom is -0.693 e. The summed E-state index contributed by atoms with van der Waals surface area (Å²) in [5.41, 5.74) is -1.44. The first kappa shape index (κ1) is 33.2. The number of rotatable bonds is 4. The maximum Gasteiger partial charge on any atom is 2.00 e. The molecule has 0 atom stereocenters. The first-order chi connectivity index (χ1) is 9.13. The van der Waals surface area contributed by atoms with Gasteiger partial charge >= 0.3 is 44.9 Å². The van der Waals surface area contributed by atoms with E-state index in [9.17, 15) is 19.2 Å². The second-order valence-electron chi connectivity index (χ2n) is 4.04. The van der Waals surface area contributed by atoms with Crippen LogP contribution in [0.2, 0.25) is 0 Å². The summed E-state index contributed by atoms with van der Waals surface area (Å²) in [6, 6.07) is 0. The third-order valence-corrected chi connectivity index (χ3v) is 2.63. The third kappa shape index (κ3) is 13.8. The van der Waals surface area contributed by atoms with Gasteiger partial charge in [0, 0.05) is 12.8 Å². The molecule has 0 amide bonds. The predicted octanol–water partition coefficient (Wildman–Crippen LogP) is 2.72. The first-order valence-electron chi connectivity index (χ1n) is 6.04. The zero-order chi connectivity index (χ0) is 16.3. The molecule has 0 saturated heterocycles. The van der Waals surface area contributed by atoms with Crippen LogP contribution in [0.25, 0.3) is 12.3 Å². The third-order valence-electron chi connectivity index (χ3n) is 2.63. The number of nitrogens with two attached hydrogens (primary N) is 2. The fraction of sp³-hybridized carbons (Fsp3) is 0.667. The molecule has 1 rings (SSSR count). The zero-order valence-electron chi connectivity index (χ0n) is 12.9. The summed E-state index contributed by atoms with van der Waals surface area (Å²) in [5.74, 6) is -3.90. The molecule has 0 aromatic heterocycles.